The first-order chi connectivity index (χ1) is 10.1. The molecule has 1 aliphatic carbocycles. The predicted octanol–water partition coefficient (Wildman–Crippen LogP) is 2.03. The molecule has 2 N–H and O–H groups in total. The van der Waals surface area contributed by atoms with Gasteiger partial charge in [0.1, 0.15) is 0 Å². The summed E-state index contributed by atoms with van der Waals surface area (Å²) in [5.74, 6) is -0.591. The predicted molar refractivity (Wildman–Crippen MR) is 81.3 cm³/mol. The zero-order chi connectivity index (χ0) is 15.2. The van der Waals surface area contributed by atoms with Crippen LogP contribution in [0.5, 0.6) is 0 Å². The average Bonchev–Trinajstić information content (AvgIpc) is 3.29. The van der Waals surface area contributed by atoms with Gasteiger partial charge >= 0.3 is 5.97 Å². The highest BCUT2D eigenvalue weighted by molar-refractivity contribution is 6.00. The highest BCUT2D eigenvalue weighted by atomic mass is 16.5. The van der Waals surface area contributed by atoms with E-state index >= 15 is 0 Å². The van der Waals surface area contributed by atoms with E-state index in [9.17, 15) is 9.59 Å². The molecule has 0 saturated heterocycles. The first kappa shape index (κ1) is 15.1. The third-order valence-electron chi connectivity index (χ3n) is 3.19. The summed E-state index contributed by atoms with van der Waals surface area (Å²) < 4.78 is 4.48. The second kappa shape index (κ2) is 6.92. The van der Waals surface area contributed by atoms with E-state index in [1.807, 2.05) is 25.1 Å². The second-order valence-electron chi connectivity index (χ2n) is 5.10. The molecule has 1 aromatic rings. The van der Waals surface area contributed by atoms with Crippen molar-refractivity contribution in [1.29, 1.82) is 0 Å². The van der Waals surface area contributed by atoms with Gasteiger partial charge in [0.05, 0.1) is 12.7 Å². The number of ether oxygens (including phenoxy) is 1. The molecule has 0 aromatic heterocycles. The molecule has 0 radical (unpaired) electrons. The van der Waals surface area contributed by atoms with Crippen molar-refractivity contribution in [1.82, 2.24) is 5.32 Å². The molecule has 1 aliphatic rings. The highest BCUT2D eigenvalue weighted by Crippen LogP contribution is 2.27. The molecule has 1 saturated carbocycles. The van der Waals surface area contributed by atoms with E-state index in [1.54, 1.807) is 6.08 Å². The molecule has 5 nitrogen and oxygen atoms in total. The first-order valence-corrected chi connectivity index (χ1v) is 7.00. The number of aryl methyl sites for hydroxylation is 1. The number of hydrogen-bond donors (Lipinski definition) is 2. The van der Waals surface area contributed by atoms with Crippen molar-refractivity contribution in [3.63, 3.8) is 0 Å². The number of esters is 1. The van der Waals surface area contributed by atoms with Gasteiger partial charge in [-0.2, -0.15) is 0 Å². The van der Waals surface area contributed by atoms with E-state index in [0.717, 1.165) is 24.1 Å². The molecular weight excluding hydrogens is 268 g/mol. The fraction of sp³-hybridized carbons (Fsp3) is 0.375. The van der Waals surface area contributed by atoms with Crippen molar-refractivity contribution in [2.45, 2.75) is 25.8 Å². The number of nitrogens with one attached hydrogen (secondary N) is 2. The Labute approximate surface area is 124 Å². The number of anilines is 1. The van der Waals surface area contributed by atoms with Gasteiger partial charge < -0.3 is 15.4 Å². The van der Waals surface area contributed by atoms with Gasteiger partial charge in [-0.15, -0.1) is 0 Å². The standard InChI is InChI=1S/C16H20N2O3/c1-11-5-8-14(18-12-6-7-12)13(10-11)16(20)17-9-3-4-15(19)21-2/h3-5,8,10,12,18H,6-7,9H2,1-2H3,(H,17,20)/b4-3+. The van der Waals surface area contributed by atoms with Gasteiger partial charge in [-0.05, 0) is 31.9 Å². The monoisotopic (exact) mass is 288 g/mol. The van der Waals surface area contributed by atoms with Crippen LogP contribution >= 0.6 is 0 Å². The van der Waals surface area contributed by atoms with Gasteiger partial charge in [0.2, 0.25) is 0 Å². The number of amides is 1. The van der Waals surface area contributed by atoms with E-state index in [0.29, 0.717) is 11.6 Å². The summed E-state index contributed by atoms with van der Waals surface area (Å²) in [5.41, 5.74) is 2.53. The molecule has 0 bridgehead atoms. The number of benzene rings is 1. The largest absolute Gasteiger partial charge is 0.466 e. The smallest absolute Gasteiger partial charge is 0.330 e. The zero-order valence-electron chi connectivity index (χ0n) is 12.3. The molecule has 0 atom stereocenters. The third-order valence-corrected chi connectivity index (χ3v) is 3.19. The maximum Gasteiger partial charge on any atom is 0.330 e. The minimum Gasteiger partial charge on any atom is -0.466 e. The molecule has 0 heterocycles. The number of hydrogen-bond acceptors (Lipinski definition) is 4. The maximum absolute atomic E-state index is 12.2. The molecule has 1 aromatic carbocycles. The van der Waals surface area contributed by atoms with Gasteiger partial charge in [-0.3, -0.25) is 4.79 Å². The Morgan fingerprint density at radius 2 is 2.14 bits per heavy atom. The molecule has 1 fully saturated rings. The molecule has 5 heteroatoms. The molecule has 1 amide bonds. The average molecular weight is 288 g/mol. The molecule has 112 valence electrons. The van der Waals surface area contributed by atoms with E-state index in [1.165, 1.54) is 13.2 Å². The maximum atomic E-state index is 12.2. The molecule has 2 rings (SSSR count). The van der Waals surface area contributed by atoms with Crippen LogP contribution in [0.15, 0.2) is 30.4 Å². The number of rotatable bonds is 6. The summed E-state index contributed by atoms with van der Waals surface area (Å²) in [4.78, 5) is 23.2. The Hall–Kier alpha value is -2.30. The molecule has 21 heavy (non-hydrogen) atoms. The quantitative estimate of drug-likeness (QED) is 0.621. The number of carbonyl (C=O) groups is 2. The summed E-state index contributed by atoms with van der Waals surface area (Å²) in [5, 5.41) is 6.12. The lowest BCUT2D eigenvalue weighted by Gasteiger charge is -2.12. The summed E-state index contributed by atoms with van der Waals surface area (Å²) in [6.45, 7) is 2.24. The Morgan fingerprint density at radius 3 is 2.81 bits per heavy atom. The van der Waals surface area contributed by atoms with E-state index in [-0.39, 0.29) is 12.5 Å². The van der Waals surface area contributed by atoms with Crippen molar-refractivity contribution in [2.75, 3.05) is 19.0 Å². The minimum absolute atomic E-state index is 0.156. The van der Waals surface area contributed by atoms with Crippen LogP contribution in [0.4, 0.5) is 5.69 Å². The fourth-order valence-corrected chi connectivity index (χ4v) is 1.89. The zero-order valence-corrected chi connectivity index (χ0v) is 12.3. The van der Waals surface area contributed by atoms with E-state index < -0.39 is 5.97 Å². The van der Waals surface area contributed by atoms with Crippen LogP contribution in [0.2, 0.25) is 0 Å². The van der Waals surface area contributed by atoms with Crippen LogP contribution in [0.1, 0.15) is 28.8 Å². The van der Waals surface area contributed by atoms with Gasteiger partial charge in [-0.1, -0.05) is 17.7 Å². The van der Waals surface area contributed by atoms with Crippen LogP contribution in [-0.2, 0) is 9.53 Å². The molecular formula is C16H20N2O3. The summed E-state index contributed by atoms with van der Waals surface area (Å²) in [6, 6.07) is 6.27. The van der Waals surface area contributed by atoms with Gasteiger partial charge in [0.15, 0.2) is 0 Å². The third kappa shape index (κ3) is 4.63. The normalized spacial score (nSPS) is 14.0. The lowest BCUT2D eigenvalue weighted by atomic mass is 10.1. The highest BCUT2D eigenvalue weighted by Gasteiger charge is 2.23. The van der Waals surface area contributed by atoms with Crippen LogP contribution < -0.4 is 10.6 Å². The first-order valence-electron chi connectivity index (χ1n) is 7.00. The Kier molecular flexibility index (Phi) is 4.98. The Bertz CT molecular complexity index is 563. The minimum atomic E-state index is -0.434. The van der Waals surface area contributed by atoms with Crippen LogP contribution in [0.25, 0.3) is 0 Å². The van der Waals surface area contributed by atoms with Crippen LogP contribution in [0.3, 0.4) is 0 Å². The Morgan fingerprint density at radius 1 is 1.38 bits per heavy atom. The lowest BCUT2D eigenvalue weighted by Crippen LogP contribution is -2.25. The SMILES string of the molecule is COC(=O)/C=C/CNC(=O)c1cc(C)ccc1NC1CC1. The van der Waals surface area contributed by atoms with E-state index in [4.69, 9.17) is 0 Å². The number of carbonyl (C=O) groups excluding carboxylic acids is 2. The van der Waals surface area contributed by atoms with Gasteiger partial charge in [0, 0.05) is 24.4 Å². The summed E-state index contributed by atoms with van der Waals surface area (Å²) in [7, 11) is 1.31. The lowest BCUT2D eigenvalue weighted by molar-refractivity contribution is -0.134. The second-order valence-corrected chi connectivity index (χ2v) is 5.10. The van der Waals surface area contributed by atoms with Crippen molar-refractivity contribution in [3.8, 4) is 0 Å². The summed E-state index contributed by atoms with van der Waals surface area (Å²) in [6.07, 6.45) is 5.15. The molecule has 0 unspecified atom stereocenters. The van der Waals surface area contributed by atoms with Gasteiger partial charge in [0.25, 0.3) is 5.91 Å². The van der Waals surface area contributed by atoms with Gasteiger partial charge in [-0.25, -0.2) is 4.79 Å². The van der Waals surface area contributed by atoms with Crippen molar-refractivity contribution < 1.29 is 14.3 Å². The van der Waals surface area contributed by atoms with Crippen molar-refractivity contribution in [2.24, 2.45) is 0 Å². The summed E-state index contributed by atoms with van der Waals surface area (Å²) >= 11 is 0. The van der Waals surface area contributed by atoms with Crippen LogP contribution in [-0.4, -0.2) is 31.6 Å². The van der Waals surface area contributed by atoms with Crippen molar-refractivity contribution >= 4 is 17.6 Å². The van der Waals surface area contributed by atoms with Crippen molar-refractivity contribution in [3.05, 3.63) is 41.5 Å². The fourth-order valence-electron chi connectivity index (χ4n) is 1.89. The van der Waals surface area contributed by atoms with E-state index in [2.05, 4.69) is 15.4 Å². The topological polar surface area (TPSA) is 67.4 Å². The molecule has 0 spiro atoms. The molecule has 0 aliphatic heterocycles. The Balaban J connectivity index is 1.98. The van der Waals surface area contributed by atoms with Crippen LogP contribution in [0, 0.1) is 6.92 Å². The number of methoxy groups -OCH3 is 1.